The van der Waals surface area contributed by atoms with E-state index in [1.165, 1.54) is 85.6 Å². The Kier molecular flexibility index (Phi) is 9.69. The van der Waals surface area contributed by atoms with Crippen LogP contribution >= 0.6 is 0 Å². The van der Waals surface area contributed by atoms with E-state index in [1.807, 2.05) is 10.9 Å². The number of aliphatic hydroxyl groups excluding tert-OH is 2. The van der Waals surface area contributed by atoms with Gasteiger partial charge in [0.1, 0.15) is 11.5 Å². The quantitative estimate of drug-likeness (QED) is 0.0882. The molecule has 14 nitrogen and oxygen atoms in total. The number of benzene rings is 2. The molecule has 4 rings (SSSR count). The summed E-state index contributed by atoms with van der Waals surface area (Å²) >= 11 is 0. The molecule has 0 radical (unpaired) electrons. The van der Waals surface area contributed by atoms with Crippen molar-refractivity contribution in [1.82, 2.24) is 10.9 Å². The lowest BCUT2D eigenvalue weighted by Gasteiger charge is -2.14. The van der Waals surface area contributed by atoms with Gasteiger partial charge in [-0.2, -0.15) is 10.2 Å². The number of hydrazone groups is 2. The first-order valence-corrected chi connectivity index (χ1v) is 12.0. The monoisotopic (exact) mass is 574 g/mol. The number of esters is 2. The summed E-state index contributed by atoms with van der Waals surface area (Å²) in [6, 6.07) is 18.1. The van der Waals surface area contributed by atoms with Gasteiger partial charge in [-0.1, -0.05) is 0 Å². The number of carbonyl (C=O) groups excluding carboxylic acids is 4. The molecule has 0 fully saturated rings. The highest BCUT2D eigenvalue weighted by Crippen LogP contribution is 2.15. The summed E-state index contributed by atoms with van der Waals surface area (Å²) in [4.78, 5) is 47.9. The number of nitrogens with zero attached hydrogens (tertiary/aromatic N) is 2. The maximum atomic E-state index is 12.1. The summed E-state index contributed by atoms with van der Waals surface area (Å²) in [5.74, 6) is -3.07. The lowest BCUT2D eigenvalue weighted by atomic mass is 10.2. The van der Waals surface area contributed by atoms with E-state index in [-0.39, 0.29) is 23.0 Å². The first-order chi connectivity index (χ1) is 20.3. The van der Waals surface area contributed by atoms with Gasteiger partial charge in [0.2, 0.25) is 11.5 Å². The van der Waals surface area contributed by atoms with Crippen LogP contribution in [0.4, 0.5) is 0 Å². The van der Waals surface area contributed by atoms with Crippen LogP contribution in [-0.2, 0) is 9.59 Å². The Morgan fingerprint density at radius 2 is 1.02 bits per heavy atom. The topological polar surface area (TPSA) is 202 Å². The molecule has 4 aromatic rings. The number of ether oxygens (including phenoxy) is 2. The van der Waals surface area contributed by atoms with Gasteiger partial charge >= 0.3 is 11.9 Å². The summed E-state index contributed by atoms with van der Waals surface area (Å²) < 4.78 is 20.2. The normalized spacial score (nSPS) is 12.5. The van der Waals surface area contributed by atoms with Gasteiger partial charge in [-0.05, 0) is 83.9 Å². The fourth-order valence-electron chi connectivity index (χ4n) is 3.11. The van der Waals surface area contributed by atoms with Gasteiger partial charge in [0.25, 0.3) is 11.8 Å². The minimum absolute atomic E-state index is 0.0442. The molecule has 14 heteroatoms. The largest absolute Gasteiger partial charge is 0.457 e. The molecule has 4 N–H and O–H groups in total. The zero-order valence-electron chi connectivity index (χ0n) is 21.4. The van der Waals surface area contributed by atoms with E-state index in [0.717, 1.165) is 0 Å². The first kappa shape index (κ1) is 29.1. The van der Waals surface area contributed by atoms with E-state index in [2.05, 4.69) is 10.2 Å². The Labute approximate surface area is 236 Å². The van der Waals surface area contributed by atoms with Crippen LogP contribution in [0.2, 0.25) is 0 Å². The van der Waals surface area contributed by atoms with E-state index in [0.29, 0.717) is 11.1 Å². The van der Waals surface area contributed by atoms with E-state index in [1.54, 1.807) is 12.1 Å². The number of carbonyl (C=O) groups is 4. The molecule has 2 aromatic carbocycles. The van der Waals surface area contributed by atoms with E-state index in [9.17, 15) is 29.4 Å². The van der Waals surface area contributed by atoms with Crippen LogP contribution in [0.25, 0.3) is 0 Å². The van der Waals surface area contributed by atoms with Crippen molar-refractivity contribution in [3.05, 3.63) is 108 Å². The predicted octanol–water partition coefficient (Wildman–Crippen LogP) is 1.63. The minimum Gasteiger partial charge on any atom is -0.457 e. The smallest absolute Gasteiger partial charge is 0.379 e. The van der Waals surface area contributed by atoms with E-state index >= 15 is 0 Å². The van der Waals surface area contributed by atoms with Crippen molar-refractivity contribution in [3.63, 3.8) is 0 Å². The molecule has 2 heterocycles. The molecule has 42 heavy (non-hydrogen) atoms. The van der Waals surface area contributed by atoms with Crippen LogP contribution in [0.5, 0.6) is 11.5 Å². The van der Waals surface area contributed by atoms with Gasteiger partial charge in [-0.3, -0.25) is 9.59 Å². The molecule has 0 aliphatic rings. The van der Waals surface area contributed by atoms with Gasteiger partial charge < -0.3 is 28.5 Å². The fourth-order valence-corrected chi connectivity index (χ4v) is 3.11. The Morgan fingerprint density at radius 1 is 0.643 bits per heavy atom. The maximum absolute atomic E-state index is 12.1. The van der Waals surface area contributed by atoms with Crippen molar-refractivity contribution in [2.45, 2.75) is 12.2 Å². The molecule has 0 bridgehead atoms. The maximum Gasteiger partial charge on any atom is 0.379 e. The molecule has 0 unspecified atom stereocenters. The summed E-state index contributed by atoms with van der Waals surface area (Å²) in [5, 5.41) is 27.3. The number of furan rings is 2. The van der Waals surface area contributed by atoms with Crippen molar-refractivity contribution in [3.8, 4) is 11.5 Å². The number of nitrogens with one attached hydrogen (secondary N) is 2. The van der Waals surface area contributed by atoms with Crippen LogP contribution in [0.15, 0.2) is 104 Å². The molecule has 2 atom stereocenters. The molecule has 2 aromatic heterocycles. The fraction of sp³-hybridized carbons (Fsp3) is 0.0714. The molecular weight excluding hydrogens is 552 g/mol. The summed E-state index contributed by atoms with van der Waals surface area (Å²) in [6.07, 6.45) is 0.839. The third-order valence-electron chi connectivity index (χ3n) is 5.24. The molecule has 0 saturated heterocycles. The SMILES string of the molecule is O=C(Oc1ccc(/C=N\NC(=O)[C@H](O)[C@@H](O)C(=O)N/N=C\c2ccc(OC(=O)c3ccco3)cc2)cc1)c1ccco1. The van der Waals surface area contributed by atoms with Gasteiger partial charge in [-0.25, -0.2) is 20.4 Å². The first-order valence-electron chi connectivity index (χ1n) is 12.0. The lowest BCUT2D eigenvalue weighted by molar-refractivity contribution is -0.146. The second kappa shape index (κ2) is 14.0. The number of hydrogen-bond donors (Lipinski definition) is 4. The highest BCUT2D eigenvalue weighted by atomic mass is 16.6. The zero-order valence-corrected chi connectivity index (χ0v) is 21.4. The Hall–Kier alpha value is -5.86. The number of amides is 2. The van der Waals surface area contributed by atoms with Gasteiger partial charge in [-0.15, -0.1) is 0 Å². The zero-order chi connectivity index (χ0) is 29.9. The Bertz CT molecular complexity index is 1440. The van der Waals surface area contributed by atoms with Crippen molar-refractivity contribution < 1.29 is 47.7 Å². The molecule has 214 valence electrons. The lowest BCUT2D eigenvalue weighted by Crippen LogP contribution is -2.47. The number of aliphatic hydroxyl groups is 2. The third-order valence-corrected chi connectivity index (χ3v) is 5.24. The van der Waals surface area contributed by atoms with Crippen LogP contribution in [0.3, 0.4) is 0 Å². The van der Waals surface area contributed by atoms with Crippen molar-refractivity contribution in [2.75, 3.05) is 0 Å². The van der Waals surface area contributed by atoms with Crippen molar-refractivity contribution in [2.24, 2.45) is 10.2 Å². The van der Waals surface area contributed by atoms with Crippen molar-refractivity contribution >= 4 is 36.2 Å². The molecule has 0 spiro atoms. The van der Waals surface area contributed by atoms with Crippen LogP contribution < -0.4 is 20.3 Å². The molecular formula is C28H22N4O10. The second-order valence-corrected chi connectivity index (χ2v) is 8.23. The minimum atomic E-state index is -2.15. The van der Waals surface area contributed by atoms with Crippen LogP contribution in [-0.4, -0.2) is 58.6 Å². The second-order valence-electron chi connectivity index (χ2n) is 8.23. The Morgan fingerprint density at radius 3 is 1.36 bits per heavy atom. The van der Waals surface area contributed by atoms with Gasteiger partial charge in [0.15, 0.2) is 12.2 Å². The van der Waals surface area contributed by atoms with Crippen LogP contribution in [0, 0.1) is 0 Å². The molecule has 0 aliphatic carbocycles. The van der Waals surface area contributed by atoms with Gasteiger partial charge in [0, 0.05) is 0 Å². The number of hydrogen-bond acceptors (Lipinski definition) is 12. The highest BCUT2D eigenvalue weighted by molar-refractivity contribution is 5.92. The van der Waals surface area contributed by atoms with E-state index < -0.39 is 36.0 Å². The van der Waals surface area contributed by atoms with Gasteiger partial charge in [0.05, 0.1) is 25.0 Å². The summed E-state index contributed by atoms with van der Waals surface area (Å²) in [5.41, 5.74) is 5.01. The standard InChI is InChI=1S/C28H22N4O10/c33-23(25(35)31-29-15-17-5-9-19(10-6-17)41-27(37)21-3-1-13-39-21)24(34)26(36)32-30-16-18-7-11-20(12-8-18)42-28(38)22-4-2-14-40-22/h1-16,23-24,33-34H,(H,31,35)(H,32,36)/b29-15-,30-16-/t23-,24-/m1/s1. The average molecular weight is 575 g/mol. The average Bonchev–Trinajstić information content (AvgIpc) is 3.73. The Balaban J connectivity index is 1.19. The summed E-state index contributed by atoms with van der Waals surface area (Å²) in [7, 11) is 0. The van der Waals surface area contributed by atoms with Crippen LogP contribution in [0.1, 0.15) is 32.2 Å². The highest BCUT2D eigenvalue weighted by Gasteiger charge is 2.30. The third kappa shape index (κ3) is 8.08. The molecule has 2 amide bonds. The predicted molar refractivity (Wildman–Crippen MR) is 144 cm³/mol. The number of rotatable bonds is 11. The molecule has 0 saturated carbocycles. The molecule has 0 aliphatic heterocycles. The summed E-state index contributed by atoms with van der Waals surface area (Å²) in [6.45, 7) is 0. The van der Waals surface area contributed by atoms with Crippen molar-refractivity contribution in [1.29, 1.82) is 0 Å². The van der Waals surface area contributed by atoms with E-state index in [4.69, 9.17) is 18.3 Å².